The lowest BCUT2D eigenvalue weighted by molar-refractivity contribution is -0.179. The van der Waals surface area contributed by atoms with E-state index in [0.717, 1.165) is 22.9 Å². The molecule has 0 spiro atoms. The molecule has 192 valence electrons. The molecule has 0 radical (unpaired) electrons. The Bertz CT molecular complexity index is 1350. The maximum absolute atomic E-state index is 15.2. The zero-order valence-corrected chi connectivity index (χ0v) is 21.0. The van der Waals surface area contributed by atoms with Gasteiger partial charge in [-0.05, 0) is 29.7 Å². The number of rotatable bonds is 4. The van der Waals surface area contributed by atoms with Crippen LogP contribution in [0.3, 0.4) is 0 Å². The molecule has 10 heteroatoms. The van der Waals surface area contributed by atoms with Gasteiger partial charge in [0.15, 0.2) is 17.3 Å². The summed E-state index contributed by atoms with van der Waals surface area (Å²) >= 11 is 1.44. The largest absolute Gasteiger partial charge is 0.477 e. The standard InChI is InChI=1S/C27H25F2N3O4S/c1-2-12-36-27-25-26(34)20(33)9-10-31(25)32(22-14-35-13-11-30(22)27)24-16-7-8-19(28)23(29)18(16)15-37-21-6-4-3-5-17(21)24/h3-10,22,24H,2,11-15H2,1H3/t22-,24+/m1/s1. The molecule has 4 aliphatic heterocycles. The summed E-state index contributed by atoms with van der Waals surface area (Å²) < 4.78 is 41.6. The van der Waals surface area contributed by atoms with E-state index >= 15 is 4.39 Å². The van der Waals surface area contributed by atoms with Crippen molar-refractivity contribution in [1.82, 2.24) is 14.9 Å². The number of halogens is 2. The van der Waals surface area contributed by atoms with Crippen molar-refractivity contribution >= 4 is 23.3 Å². The van der Waals surface area contributed by atoms with Crippen molar-refractivity contribution in [1.29, 1.82) is 0 Å². The van der Waals surface area contributed by atoms with Gasteiger partial charge in [-0.15, -0.1) is 11.8 Å². The molecule has 2 atom stereocenters. The SMILES string of the molecule is CCCOC1=C2C(=O)C(=O)C=CN2N([C@@H]2c3ccccc3SCc3c2ccc(F)c3F)[C@@H]2COCCN12. The van der Waals surface area contributed by atoms with Crippen LogP contribution in [-0.4, -0.2) is 59.0 Å². The molecule has 0 aromatic heterocycles. The number of thioether (sulfide) groups is 1. The summed E-state index contributed by atoms with van der Waals surface area (Å²) in [7, 11) is 0. The maximum atomic E-state index is 15.2. The fraction of sp³-hybridized carbons (Fsp3) is 0.333. The molecule has 0 saturated carbocycles. The maximum Gasteiger partial charge on any atom is 0.256 e. The second-order valence-electron chi connectivity index (χ2n) is 9.14. The van der Waals surface area contributed by atoms with Crippen LogP contribution in [0.25, 0.3) is 0 Å². The van der Waals surface area contributed by atoms with Crippen LogP contribution in [0.4, 0.5) is 8.78 Å². The van der Waals surface area contributed by atoms with E-state index in [0.29, 0.717) is 31.2 Å². The van der Waals surface area contributed by atoms with Gasteiger partial charge < -0.3 is 14.4 Å². The molecule has 6 rings (SSSR count). The number of ether oxygens (including phenoxy) is 2. The summed E-state index contributed by atoms with van der Waals surface area (Å²) in [6.45, 7) is 3.48. The van der Waals surface area contributed by atoms with E-state index in [2.05, 4.69) is 0 Å². The zero-order valence-electron chi connectivity index (χ0n) is 20.2. The van der Waals surface area contributed by atoms with E-state index in [1.807, 2.05) is 41.1 Å². The van der Waals surface area contributed by atoms with Gasteiger partial charge in [0, 0.05) is 35.0 Å². The fourth-order valence-electron chi connectivity index (χ4n) is 5.32. The number of morpholine rings is 1. The number of benzene rings is 2. The van der Waals surface area contributed by atoms with E-state index in [1.165, 1.54) is 17.8 Å². The van der Waals surface area contributed by atoms with E-state index in [1.54, 1.807) is 17.3 Å². The second kappa shape index (κ2) is 9.59. The summed E-state index contributed by atoms with van der Waals surface area (Å²) in [4.78, 5) is 28.7. The van der Waals surface area contributed by atoms with E-state index < -0.39 is 35.4 Å². The van der Waals surface area contributed by atoms with Gasteiger partial charge in [-0.1, -0.05) is 31.2 Å². The lowest BCUT2D eigenvalue weighted by Crippen LogP contribution is -2.65. The van der Waals surface area contributed by atoms with Crippen LogP contribution in [0.2, 0.25) is 0 Å². The van der Waals surface area contributed by atoms with Crippen LogP contribution in [0.15, 0.2) is 65.1 Å². The minimum absolute atomic E-state index is 0.123. The van der Waals surface area contributed by atoms with Gasteiger partial charge in [0.05, 0.1) is 25.9 Å². The molecule has 2 aromatic rings. The van der Waals surface area contributed by atoms with Crippen LogP contribution in [-0.2, 0) is 24.8 Å². The van der Waals surface area contributed by atoms with Crippen molar-refractivity contribution in [3.8, 4) is 0 Å². The highest BCUT2D eigenvalue weighted by atomic mass is 32.2. The topological polar surface area (TPSA) is 62.3 Å². The number of fused-ring (bicyclic) bond motifs is 4. The third kappa shape index (κ3) is 3.86. The van der Waals surface area contributed by atoms with Crippen LogP contribution in [0, 0.1) is 11.6 Å². The summed E-state index contributed by atoms with van der Waals surface area (Å²) in [5, 5.41) is 3.59. The first kappa shape index (κ1) is 24.1. The third-order valence-corrected chi connectivity index (χ3v) is 8.09. The van der Waals surface area contributed by atoms with Gasteiger partial charge in [0.25, 0.3) is 5.78 Å². The van der Waals surface area contributed by atoms with Crippen molar-refractivity contribution < 1.29 is 27.8 Å². The number of ketones is 2. The quantitative estimate of drug-likeness (QED) is 0.553. The van der Waals surface area contributed by atoms with Crippen molar-refractivity contribution in [2.24, 2.45) is 0 Å². The highest BCUT2D eigenvalue weighted by molar-refractivity contribution is 7.98. The fourth-order valence-corrected chi connectivity index (χ4v) is 6.43. The van der Waals surface area contributed by atoms with Crippen LogP contribution in [0.5, 0.6) is 0 Å². The molecule has 2 aromatic carbocycles. The number of nitrogens with zero attached hydrogens (tertiary/aromatic N) is 3. The number of carbonyl (C=O) groups is 2. The first-order valence-electron chi connectivity index (χ1n) is 12.3. The number of carbonyl (C=O) groups excluding carboxylic acids is 2. The predicted molar refractivity (Wildman–Crippen MR) is 132 cm³/mol. The molecular formula is C27H25F2N3O4S. The average Bonchev–Trinajstić information content (AvgIpc) is 3.08. The van der Waals surface area contributed by atoms with E-state index in [4.69, 9.17) is 9.47 Å². The summed E-state index contributed by atoms with van der Waals surface area (Å²) in [5.41, 5.74) is 1.88. The van der Waals surface area contributed by atoms with Gasteiger partial charge in [0.1, 0.15) is 6.17 Å². The van der Waals surface area contributed by atoms with Gasteiger partial charge in [-0.3, -0.25) is 14.6 Å². The molecule has 4 aliphatic rings. The van der Waals surface area contributed by atoms with Gasteiger partial charge in [0.2, 0.25) is 11.7 Å². The molecule has 4 heterocycles. The molecule has 1 fully saturated rings. The van der Waals surface area contributed by atoms with Crippen molar-refractivity contribution in [3.05, 3.63) is 88.6 Å². The Morgan fingerprint density at radius 2 is 1.97 bits per heavy atom. The first-order chi connectivity index (χ1) is 18.0. The predicted octanol–water partition coefficient (Wildman–Crippen LogP) is 4.11. The number of hydrogen-bond acceptors (Lipinski definition) is 8. The Morgan fingerprint density at radius 3 is 2.81 bits per heavy atom. The van der Waals surface area contributed by atoms with Crippen LogP contribution >= 0.6 is 11.8 Å². The van der Waals surface area contributed by atoms with Gasteiger partial charge >= 0.3 is 0 Å². The summed E-state index contributed by atoms with van der Waals surface area (Å²) in [5.74, 6) is -2.49. The molecule has 7 nitrogen and oxygen atoms in total. The number of Topliss-reactive ketones (excluding diaryl/α,β-unsaturated/α-hetero) is 1. The molecule has 0 unspecified atom stereocenters. The first-order valence-corrected chi connectivity index (χ1v) is 13.2. The molecule has 0 bridgehead atoms. The third-order valence-electron chi connectivity index (χ3n) is 6.98. The highest BCUT2D eigenvalue weighted by Gasteiger charge is 2.50. The Kier molecular flexibility index (Phi) is 6.26. The Balaban J connectivity index is 1.61. The molecule has 1 saturated heterocycles. The Morgan fingerprint density at radius 1 is 1.14 bits per heavy atom. The number of allylic oxidation sites excluding steroid dienone is 2. The minimum atomic E-state index is -0.903. The number of hydrogen-bond donors (Lipinski definition) is 0. The monoisotopic (exact) mass is 525 g/mol. The molecule has 37 heavy (non-hydrogen) atoms. The summed E-state index contributed by atoms with van der Waals surface area (Å²) in [6.07, 6.45) is 3.08. The van der Waals surface area contributed by atoms with Crippen LogP contribution in [0.1, 0.15) is 36.1 Å². The number of hydrazine groups is 1. The van der Waals surface area contributed by atoms with Crippen molar-refractivity contribution in [2.75, 3.05) is 26.4 Å². The smallest absolute Gasteiger partial charge is 0.256 e. The summed E-state index contributed by atoms with van der Waals surface area (Å²) in [6, 6.07) is 9.90. The molecular weight excluding hydrogens is 500 g/mol. The van der Waals surface area contributed by atoms with E-state index in [9.17, 15) is 14.0 Å². The lowest BCUT2D eigenvalue weighted by Gasteiger charge is -2.55. The lowest BCUT2D eigenvalue weighted by atomic mass is 9.92. The van der Waals surface area contributed by atoms with E-state index in [-0.39, 0.29) is 23.6 Å². The van der Waals surface area contributed by atoms with Crippen molar-refractivity contribution in [3.63, 3.8) is 0 Å². The average molecular weight is 526 g/mol. The second-order valence-corrected chi connectivity index (χ2v) is 10.2. The zero-order chi connectivity index (χ0) is 25.7. The molecule has 0 N–H and O–H groups in total. The van der Waals surface area contributed by atoms with Crippen LogP contribution < -0.4 is 0 Å². The Labute approximate surface area is 217 Å². The van der Waals surface area contributed by atoms with Crippen molar-refractivity contribution in [2.45, 2.75) is 36.2 Å². The van der Waals surface area contributed by atoms with Gasteiger partial charge in [-0.25, -0.2) is 8.78 Å². The normalized spacial score (nSPS) is 23.3. The highest BCUT2D eigenvalue weighted by Crippen LogP contribution is 2.47. The molecule has 0 amide bonds. The van der Waals surface area contributed by atoms with Gasteiger partial charge in [-0.2, -0.15) is 5.01 Å². The molecule has 0 aliphatic carbocycles. The minimum Gasteiger partial charge on any atom is -0.477 e. The Hall–Kier alpha value is -3.21.